The molecule has 3 aromatic rings. The number of carbonyl (C=O) groups excluding carboxylic acids is 1. The first-order valence-corrected chi connectivity index (χ1v) is 16.6. The van der Waals surface area contributed by atoms with Gasteiger partial charge >= 0.3 is 0 Å². The highest BCUT2D eigenvalue weighted by Gasteiger charge is 2.66. The van der Waals surface area contributed by atoms with Crippen LogP contribution in [-0.4, -0.2) is 101 Å². The molecule has 1 unspecified atom stereocenters. The maximum Gasteiger partial charge on any atom is 0.288 e. The highest BCUT2D eigenvalue weighted by molar-refractivity contribution is 7.93. The van der Waals surface area contributed by atoms with E-state index in [4.69, 9.17) is 9.47 Å². The van der Waals surface area contributed by atoms with Crippen molar-refractivity contribution < 1.29 is 22.7 Å². The summed E-state index contributed by atoms with van der Waals surface area (Å²) in [5.74, 6) is 0.218. The molecule has 1 amide bonds. The Morgan fingerprint density at radius 3 is 2.33 bits per heavy atom. The van der Waals surface area contributed by atoms with E-state index in [9.17, 15) is 13.7 Å². The number of nitrogens with zero attached hydrogens (tertiary/aromatic N) is 6. The average molecular weight is 629 g/mol. The molecule has 4 heterocycles. The van der Waals surface area contributed by atoms with Gasteiger partial charge in [0.1, 0.15) is 11.5 Å². The zero-order valence-electron chi connectivity index (χ0n) is 25.6. The molecule has 45 heavy (non-hydrogen) atoms. The van der Waals surface area contributed by atoms with Crippen molar-refractivity contribution in [2.45, 2.75) is 29.4 Å². The topological polar surface area (TPSA) is 119 Å². The first-order chi connectivity index (χ1) is 21.7. The van der Waals surface area contributed by atoms with E-state index in [2.05, 4.69) is 32.8 Å². The number of hydrogen-bond donors (Lipinski definition) is 0. The molecule has 11 nitrogen and oxygen atoms in total. The van der Waals surface area contributed by atoms with Gasteiger partial charge in [0, 0.05) is 56.4 Å². The number of sulfonamides is 1. The summed E-state index contributed by atoms with van der Waals surface area (Å²) in [6.07, 6.45) is 3.38. The summed E-state index contributed by atoms with van der Waals surface area (Å²) in [7, 11) is 0.709. The summed E-state index contributed by atoms with van der Waals surface area (Å²) in [6, 6.07) is 17.5. The number of rotatable bonds is 7. The van der Waals surface area contributed by atoms with Gasteiger partial charge in [0.25, 0.3) is 15.9 Å². The number of carbonyl (C=O) groups is 1. The van der Waals surface area contributed by atoms with Crippen molar-refractivity contribution in [2.24, 2.45) is 5.41 Å². The standard InChI is InChI=1S/C33H36N6O5S/c1-36-12-14-37(15-13-36)24-17-32(18-24)21-38(22-32)33(26-6-4-5-7-29(26)44-3)27-16-23(19-34)8-10-28(27)39(31(33)40)45(41,42)30-11-9-25(43-2)20-35-30/h4-11,16,20,24H,12-15,17-18,21-22H2,1-3H3. The number of likely N-dealkylation sites (tertiary alicyclic amines) is 1. The number of likely N-dealkylation sites (N-methyl/N-ethyl adjacent to an activating group) is 1. The second-order valence-corrected chi connectivity index (χ2v) is 14.4. The maximum absolute atomic E-state index is 15.1. The number of ether oxygens (including phenoxy) is 2. The van der Waals surface area contributed by atoms with E-state index < -0.39 is 21.5 Å². The first-order valence-electron chi connectivity index (χ1n) is 15.1. The molecule has 3 fully saturated rings. The van der Waals surface area contributed by atoms with Gasteiger partial charge in [-0.05, 0) is 61.7 Å². The number of aromatic nitrogens is 1. The Morgan fingerprint density at radius 1 is 0.956 bits per heavy atom. The van der Waals surface area contributed by atoms with E-state index in [1.807, 2.05) is 18.2 Å². The summed E-state index contributed by atoms with van der Waals surface area (Å²) < 4.78 is 40.4. The van der Waals surface area contributed by atoms with E-state index in [0.29, 0.717) is 47.3 Å². The Hall–Kier alpha value is -4.02. The van der Waals surface area contributed by atoms with Gasteiger partial charge in [0.15, 0.2) is 10.6 Å². The van der Waals surface area contributed by atoms with Gasteiger partial charge in [0.05, 0.1) is 37.7 Å². The van der Waals surface area contributed by atoms with Crippen molar-refractivity contribution >= 4 is 21.6 Å². The predicted octanol–water partition coefficient (Wildman–Crippen LogP) is 2.66. The van der Waals surface area contributed by atoms with Crippen molar-refractivity contribution in [3.05, 3.63) is 77.5 Å². The van der Waals surface area contributed by atoms with Crippen LogP contribution in [0.15, 0.2) is 65.8 Å². The van der Waals surface area contributed by atoms with Crippen molar-refractivity contribution in [3.8, 4) is 17.6 Å². The molecule has 0 radical (unpaired) electrons. The quantitative estimate of drug-likeness (QED) is 0.386. The lowest BCUT2D eigenvalue weighted by Gasteiger charge is -2.64. The number of piperazine rings is 1. The number of nitriles is 1. The van der Waals surface area contributed by atoms with Crippen LogP contribution in [0.1, 0.15) is 29.5 Å². The maximum atomic E-state index is 15.1. The number of amides is 1. The van der Waals surface area contributed by atoms with Crippen LogP contribution in [0.3, 0.4) is 0 Å². The zero-order valence-corrected chi connectivity index (χ0v) is 26.5. The molecule has 7 rings (SSSR count). The van der Waals surface area contributed by atoms with Gasteiger partial charge in [-0.3, -0.25) is 14.6 Å². The normalized spacial score (nSPS) is 23.7. The number of hydrogen-bond acceptors (Lipinski definition) is 10. The van der Waals surface area contributed by atoms with Gasteiger partial charge in [-0.1, -0.05) is 18.2 Å². The average Bonchev–Trinajstić information content (AvgIpc) is 3.28. The molecule has 1 saturated carbocycles. The molecule has 0 bridgehead atoms. The monoisotopic (exact) mass is 628 g/mol. The second-order valence-electron chi connectivity index (χ2n) is 12.6. The minimum Gasteiger partial charge on any atom is -0.496 e. The summed E-state index contributed by atoms with van der Waals surface area (Å²) >= 11 is 0. The number of pyridine rings is 1. The van der Waals surface area contributed by atoms with Crippen LogP contribution in [0.25, 0.3) is 0 Å². The predicted molar refractivity (Wildman–Crippen MR) is 166 cm³/mol. The number of benzene rings is 2. The van der Waals surface area contributed by atoms with Crippen LogP contribution in [0.2, 0.25) is 0 Å². The van der Waals surface area contributed by atoms with E-state index in [1.54, 1.807) is 31.4 Å². The van der Waals surface area contributed by atoms with Gasteiger partial charge in [-0.15, -0.1) is 0 Å². The third kappa shape index (κ3) is 4.44. The van der Waals surface area contributed by atoms with Crippen molar-refractivity contribution in [1.82, 2.24) is 19.7 Å². The SMILES string of the molecule is COc1ccc(S(=O)(=O)N2C(=O)C(c3ccccc3OC)(N3CC4(CC(N5CCN(C)CC5)C4)C3)c3cc(C#N)ccc32)nc1. The lowest BCUT2D eigenvalue weighted by Crippen LogP contribution is -2.73. The molecule has 2 saturated heterocycles. The minimum atomic E-state index is -4.45. The Balaban J connectivity index is 1.32. The summed E-state index contributed by atoms with van der Waals surface area (Å²) in [4.78, 5) is 26.2. The van der Waals surface area contributed by atoms with Gasteiger partial charge < -0.3 is 14.4 Å². The third-order valence-corrected chi connectivity index (χ3v) is 11.7. The fraction of sp³-hybridized carbons (Fsp3) is 0.424. The van der Waals surface area contributed by atoms with E-state index in [-0.39, 0.29) is 16.1 Å². The van der Waals surface area contributed by atoms with Crippen LogP contribution in [0.5, 0.6) is 11.5 Å². The zero-order chi connectivity index (χ0) is 31.6. The molecule has 1 aliphatic carbocycles. The van der Waals surface area contributed by atoms with E-state index in [1.165, 1.54) is 25.4 Å². The van der Waals surface area contributed by atoms with Gasteiger partial charge in [-0.2, -0.15) is 18.0 Å². The van der Waals surface area contributed by atoms with Crippen LogP contribution in [0, 0.1) is 16.7 Å². The first kappa shape index (κ1) is 29.7. The smallest absolute Gasteiger partial charge is 0.288 e. The molecule has 234 valence electrons. The fourth-order valence-electron chi connectivity index (χ4n) is 7.74. The van der Waals surface area contributed by atoms with Crippen molar-refractivity contribution in [2.75, 3.05) is 64.8 Å². The molecule has 1 spiro atoms. The Morgan fingerprint density at radius 2 is 1.69 bits per heavy atom. The number of anilines is 1. The van der Waals surface area contributed by atoms with Crippen molar-refractivity contribution in [1.29, 1.82) is 5.26 Å². The molecule has 1 atom stereocenters. The Kier molecular flexibility index (Phi) is 7.13. The largest absolute Gasteiger partial charge is 0.496 e. The molecule has 4 aliphatic rings. The van der Waals surface area contributed by atoms with E-state index in [0.717, 1.165) is 43.3 Å². The van der Waals surface area contributed by atoms with E-state index >= 15 is 4.79 Å². The van der Waals surface area contributed by atoms with Crippen molar-refractivity contribution in [3.63, 3.8) is 0 Å². The van der Waals surface area contributed by atoms with Gasteiger partial charge in [-0.25, -0.2) is 4.98 Å². The van der Waals surface area contributed by atoms with Crippen LogP contribution in [0.4, 0.5) is 5.69 Å². The van der Waals surface area contributed by atoms with Crippen LogP contribution >= 0.6 is 0 Å². The molecular formula is C33H36N6O5S. The highest BCUT2D eigenvalue weighted by atomic mass is 32.2. The Bertz CT molecular complexity index is 1790. The molecule has 0 N–H and O–H groups in total. The lowest BCUT2D eigenvalue weighted by atomic mass is 9.58. The summed E-state index contributed by atoms with van der Waals surface area (Å²) in [5.41, 5.74) is 0.0274. The highest BCUT2D eigenvalue weighted by Crippen LogP contribution is 2.60. The molecular weight excluding hydrogens is 592 g/mol. The number of fused-ring (bicyclic) bond motifs is 1. The molecule has 12 heteroatoms. The number of methoxy groups -OCH3 is 2. The second kappa shape index (κ2) is 10.8. The summed E-state index contributed by atoms with van der Waals surface area (Å²) in [6.45, 7) is 5.47. The third-order valence-electron chi connectivity index (χ3n) is 10.1. The van der Waals surface area contributed by atoms with Crippen LogP contribution < -0.4 is 13.8 Å². The minimum absolute atomic E-state index is 0.0418. The summed E-state index contributed by atoms with van der Waals surface area (Å²) in [5, 5.41) is 9.62. The molecule has 3 aliphatic heterocycles. The lowest BCUT2D eigenvalue weighted by molar-refractivity contribution is -0.159. The molecule has 2 aromatic carbocycles. The number of para-hydroxylation sites is 1. The fourth-order valence-corrected chi connectivity index (χ4v) is 9.12. The van der Waals surface area contributed by atoms with Gasteiger partial charge in [0.2, 0.25) is 0 Å². The van der Waals surface area contributed by atoms with Crippen LogP contribution in [-0.2, 0) is 20.4 Å². The molecule has 1 aromatic heterocycles. The Labute approximate surface area is 263 Å².